The molecule has 58 valence electrons. The molecule has 10 heavy (non-hydrogen) atoms. The predicted octanol–water partition coefficient (Wildman–Crippen LogP) is 0.253. The number of halogens is 2. The van der Waals surface area contributed by atoms with E-state index in [1.807, 2.05) is 0 Å². The summed E-state index contributed by atoms with van der Waals surface area (Å²) in [6, 6.07) is 0. The number of rotatable bonds is 3. The standard InChI is InChI=1S/C5H6F2O3/c1-2-5(6,7)3(8)4(9)10/h2-3,8H,1H2,(H,9,10). The fraction of sp³-hybridized carbons (Fsp3) is 0.400. The maximum Gasteiger partial charge on any atom is 0.339 e. The third kappa shape index (κ3) is 1.77. The molecule has 5 heteroatoms. The van der Waals surface area contributed by atoms with Crippen LogP contribution < -0.4 is 0 Å². The quantitative estimate of drug-likeness (QED) is 0.570. The second-order valence-corrected chi connectivity index (χ2v) is 1.62. The maximum atomic E-state index is 12.0. The lowest BCUT2D eigenvalue weighted by Crippen LogP contribution is -2.37. The lowest BCUT2D eigenvalue weighted by molar-refractivity contribution is -0.162. The summed E-state index contributed by atoms with van der Waals surface area (Å²) < 4.78 is 24.1. The molecule has 0 radical (unpaired) electrons. The number of aliphatic hydroxyl groups is 1. The summed E-state index contributed by atoms with van der Waals surface area (Å²) >= 11 is 0. The molecule has 0 saturated heterocycles. The molecule has 1 unspecified atom stereocenters. The minimum atomic E-state index is -3.76. The number of hydrogen-bond donors (Lipinski definition) is 2. The maximum absolute atomic E-state index is 12.0. The van der Waals surface area contributed by atoms with Crippen molar-refractivity contribution < 1.29 is 23.8 Å². The van der Waals surface area contributed by atoms with Gasteiger partial charge in [-0.25, -0.2) is 4.79 Å². The Morgan fingerprint density at radius 1 is 1.70 bits per heavy atom. The van der Waals surface area contributed by atoms with E-state index in [9.17, 15) is 13.6 Å². The molecular formula is C5H6F2O3. The van der Waals surface area contributed by atoms with Gasteiger partial charge in [-0.1, -0.05) is 6.58 Å². The zero-order chi connectivity index (χ0) is 8.36. The van der Waals surface area contributed by atoms with E-state index in [2.05, 4.69) is 6.58 Å². The molecule has 0 heterocycles. The van der Waals surface area contributed by atoms with Crippen molar-refractivity contribution in [1.82, 2.24) is 0 Å². The zero-order valence-corrected chi connectivity index (χ0v) is 4.92. The minimum Gasteiger partial charge on any atom is -0.479 e. The molecule has 0 aromatic carbocycles. The Kier molecular flexibility index (Phi) is 2.48. The van der Waals surface area contributed by atoms with Crippen LogP contribution in [0.15, 0.2) is 12.7 Å². The summed E-state index contributed by atoms with van der Waals surface area (Å²) in [6.07, 6.45) is -2.61. The molecular weight excluding hydrogens is 146 g/mol. The number of alkyl halides is 2. The second-order valence-electron chi connectivity index (χ2n) is 1.62. The van der Waals surface area contributed by atoms with Crippen molar-refractivity contribution >= 4 is 5.97 Å². The summed E-state index contributed by atoms with van der Waals surface area (Å²) in [6.45, 7) is 2.66. The molecule has 0 aromatic heterocycles. The van der Waals surface area contributed by atoms with Gasteiger partial charge in [0.1, 0.15) is 0 Å². The van der Waals surface area contributed by atoms with Crippen LogP contribution in [0.1, 0.15) is 0 Å². The Morgan fingerprint density at radius 2 is 2.10 bits per heavy atom. The Morgan fingerprint density at radius 3 is 2.20 bits per heavy atom. The normalized spacial score (nSPS) is 14.3. The van der Waals surface area contributed by atoms with Crippen LogP contribution in [-0.2, 0) is 4.79 Å². The molecule has 0 bridgehead atoms. The third-order valence-corrected chi connectivity index (χ3v) is 0.871. The van der Waals surface area contributed by atoms with Gasteiger partial charge in [0.2, 0.25) is 6.10 Å². The van der Waals surface area contributed by atoms with Gasteiger partial charge in [0, 0.05) is 0 Å². The average molecular weight is 152 g/mol. The summed E-state index contributed by atoms with van der Waals surface area (Å²) in [5.74, 6) is -5.73. The van der Waals surface area contributed by atoms with Crippen LogP contribution in [0.25, 0.3) is 0 Å². The molecule has 0 aliphatic heterocycles. The predicted molar refractivity (Wildman–Crippen MR) is 28.8 cm³/mol. The van der Waals surface area contributed by atoms with E-state index < -0.39 is 18.0 Å². The lowest BCUT2D eigenvalue weighted by Gasteiger charge is -2.13. The highest BCUT2D eigenvalue weighted by Crippen LogP contribution is 2.19. The smallest absolute Gasteiger partial charge is 0.339 e. The number of hydrogen-bond acceptors (Lipinski definition) is 2. The molecule has 0 amide bonds. The topological polar surface area (TPSA) is 57.5 Å². The highest BCUT2D eigenvalue weighted by molar-refractivity contribution is 5.73. The molecule has 3 nitrogen and oxygen atoms in total. The first kappa shape index (κ1) is 9.03. The van der Waals surface area contributed by atoms with E-state index in [4.69, 9.17) is 10.2 Å². The van der Waals surface area contributed by atoms with Crippen LogP contribution in [0.5, 0.6) is 0 Å². The van der Waals surface area contributed by atoms with Gasteiger partial charge < -0.3 is 10.2 Å². The van der Waals surface area contributed by atoms with Crippen LogP contribution in [0.2, 0.25) is 0 Å². The zero-order valence-electron chi connectivity index (χ0n) is 4.92. The summed E-state index contributed by atoms with van der Waals surface area (Å²) in [5, 5.41) is 16.1. The Bertz CT molecular complexity index is 155. The first-order chi connectivity index (χ1) is 4.41. The summed E-state index contributed by atoms with van der Waals surface area (Å²) in [5.41, 5.74) is 0. The lowest BCUT2D eigenvalue weighted by atomic mass is 10.2. The fourth-order valence-electron chi connectivity index (χ4n) is 0.276. The van der Waals surface area contributed by atoms with E-state index in [0.29, 0.717) is 0 Å². The molecule has 0 aliphatic rings. The van der Waals surface area contributed by atoms with E-state index in [1.165, 1.54) is 0 Å². The molecule has 0 spiro atoms. The van der Waals surface area contributed by atoms with Crippen LogP contribution in [-0.4, -0.2) is 28.2 Å². The van der Waals surface area contributed by atoms with E-state index >= 15 is 0 Å². The van der Waals surface area contributed by atoms with Gasteiger partial charge in [-0.2, -0.15) is 8.78 Å². The van der Waals surface area contributed by atoms with Crippen LogP contribution in [0.4, 0.5) is 8.78 Å². The van der Waals surface area contributed by atoms with Crippen LogP contribution >= 0.6 is 0 Å². The van der Waals surface area contributed by atoms with Crippen molar-refractivity contribution in [2.24, 2.45) is 0 Å². The van der Waals surface area contributed by atoms with Crippen molar-refractivity contribution in [2.45, 2.75) is 12.0 Å². The Labute approximate surface area is 55.6 Å². The SMILES string of the molecule is C=CC(F)(F)C(O)C(=O)O. The molecule has 0 rings (SSSR count). The monoisotopic (exact) mass is 152 g/mol. The molecule has 0 aromatic rings. The fourth-order valence-corrected chi connectivity index (χ4v) is 0.276. The third-order valence-electron chi connectivity index (χ3n) is 0.871. The second kappa shape index (κ2) is 2.74. The number of aliphatic carboxylic acids is 1. The molecule has 2 N–H and O–H groups in total. The van der Waals surface area contributed by atoms with Crippen molar-refractivity contribution in [1.29, 1.82) is 0 Å². The first-order valence-electron chi connectivity index (χ1n) is 2.34. The van der Waals surface area contributed by atoms with E-state index in [0.717, 1.165) is 0 Å². The van der Waals surface area contributed by atoms with Crippen LogP contribution in [0.3, 0.4) is 0 Å². The van der Waals surface area contributed by atoms with Gasteiger partial charge in [0.25, 0.3) is 0 Å². The van der Waals surface area contributed by atoms with E-state index in [-0.39, 0.29) is 6.08 Å². The van der Waals surface area contributed by atoms with Crippen molar-refractivity contribution in [3.8, 4) is 0 Å². The number of carbonyl (C=O) groups is 1. The van der Waals surface area contributed by atoms with Gasteiger partial charge in [0.15, 0.2) is 0 Å². The Balaban J connectivity index is 4.31. The summed E-state index contributed by atoms with van der Waals surface area (Å²) in [4.78, 5) is 9.73. The van der Waals surface area contributed by atoms with Gasteiger partial charge >= 0.3 is 11.9 Å². The van der Waals surface area contributed by atoms with Gasteiger partial charge in [-0.05, 0) is 6.08 Å². The molecule has 0 aliphatic carbocycles. The van der Waals surface area contributed by atoms with Gasteiger partial charge in [0.05, 0.1) is 0 Å². The number of carboxylic acid groups (broad SMARTS) is 1. The molecule has 0 fully saturated rings. The molecule has 0 saturated carbocycles. The first-order valence-corrected chi connectivity index (χ1v) is 2.34. The van der Waals surface area contributed by atoms with Crippen molar-refractivity contribution in [3.05, 3.63) is 12.7 Å². The highest BCUT2D eigenvalue weighted by atomic mass is 19.3. The van der Waals surface area contributed by atoms with E-state index in [1.54, 1.807) is 0 Å². The van der Waals surface area contributed by atoms with Crippen molar-refractivity contribution in [3.63, 3.8) is 0 Å². The molecule has 1 atom stereocenters. The minimum absolute atomic E-state index is 0.0891. The summed E-state index contributed by atoms with van der Waals surface area (Å²) in [7, 11) is 0. The van der Waals surface area contributed by atoms with Crippen molar-refractivity contribution in [2.75, 3.05) is 0 Å². The largest absolute Gasteiger partial charge is 0.479 e. The number of aliphatic hydroxyl groups excluding tert-OH is 1. The Hall–Kier alpha value is -0.970. The average Bonchev–Trinajstić information content (AvgIpc) is 1.86. The number of carboxylic acids is 1. The van der Waals surface area contributed by atoms with Gasteiger partial charge in [-0.3, -0.25) is 0 Å². The highest BCUT2D eigenvalue weighted by Gasteiger charge is 2.40. The van der Waals surface area contributed by atoms with Crippen LogP contribution in [0, 0.1) is 0 Å². The van der Waals surface area contributed by atoms with Gasteiger partial charge in [-0.15, -0.1) is 0 Å².